The summed E-state index contributed by atoms with van der Waals surface area (Å²) in [6.07, 6.45) is 0.806. The van der Waals surface area contributed by atoms with Gasteiger partial charge in [-0.15, -0.1) is 24.0 Å². The maximum atomic E-state index is 12.9. The van der Waals surface area contributed by atoms with Gasteiger partial charge < -0.3 is 25.0 Å². The third kappa shape index (κ3) is 8.17. The number of ether oxygens (including phenoxy) is 1. The monoisotopic (exact) mass is 520 g/mol. The van der Waals surface area contributed by atoms with Crippen LogP contribution in [0.15, 0.2) is 33.8 Å². The highest BCUT2D eigenvalue weighted by Gasteiger charge is 2.13. The minimum absolute atomic E-state index is 0. The van der Waals surface area contributed by atoms with Gasteiger partial charge in [0.05, 0.1) is 12.2 Å². The summed E-state index contributed by atoms with van der Waals surface area (Å²) < 4.78 is 23.7. The number of nitrogens with one attached hydrogen (secondary N) is 2. The van der Waals surface area contributed by atoms with Crippen LogP contribution in [0.2, 0.25) is 0 Å². The lowest BCUT2D eigenvalue weighted by Gasteiger charge is -2.16. The van der Waals surface area contributed by atoms with Crippen molar-refractivity contribution in [1.29, 1.82) is 0 Å². The normalized spacial score (nSPS) is 12.2. The third-order valence-corrected chi connectivity index (χ3v) is 4.11. The number of aliphatic hydroxyl groups is 1. The molecule has 9 heteroatoms. The first-order chi connectivity index (χ1) is 13.6. The molecule has 0 aliphatic rings. The van der Waals surface area contributed by atoms with Crippen molar-refractivity contribution in [2.45, 2.75) is 46.3 Å². The van der Waals surface area contributed by atoms with Crippen LogP contribution in [-0.2, 0) is 19.4 Å². The SMILES string of the molecule is CCNC(=NCc1c(CC)noc1CC)NCC(O)COc1ccc(F)cc1.I. The highest BCUT2D eigenvalue weighted by Crippen LogP contribution is 2.16. The fourth-order valence-corrected chi connectivity index (χ4v) is 2.61. The highest BCUT2D eigenvalue weighted by molar-refractivity contribution is 14.0. The molecule has 1 aromatic heterocycles. The van der Waals surface area contributed by atoms with E-state index in [0.29, 0.717) is 24.8 Å². The molecular weight excluding hydrogens is 490 g/mol. The molecule has 0 bridgehead atoms. The van der Waals surface area contributed by atoms with E-state index in [1.807, 2.05) is 20.8 Å². The van der Waals surface area contributed by atoms with Gasteiger partial charge in [0, 0.05) is 25.1 Å². The summed E-state index contributed by atoms with van der Waals surface area (Å²) in [5.74, 6) is 1.62. The maximum absolute atomic E-state index is 12.9. The molecular formula is C20H30FIN4O3. The molecule has 0 fully saturated rings. The van der Waals surface area contributed by atoms with Gasteiger partial charge in [0.25, 0.3) is 0 Å². The molecule has 0 amide bonds. The van der Waals surface area contributed by atoms with E-state index in [4.69, 9.17) is 9.26 Å². The quantitative estimate of drug-likeness (QED) is 0.254. The Hall–Kier alpha value is -1.88. The van der Waals surface area contributed by atoms with E-state index in [1.165, 1.54) is 24.3 Å². The second-order valence-electron chi connectivity index (χ2n) is 6.23. The number of hydrogen-bond donors (Lipinski definition) is 3. The number of nitrogens with zero attached hydrogens (tertiary/aromatic N) is 2. The van der Waals surface area contributed by atoms with Crippen LogP contribution >= 0.6 is 24.0 Å². The third-order valence-electron chi connectivity index (χ3n) is 4.11. The average Bonchev–Trinajstić information content (AvgIpc) is 3.11. The van der Waals surface area contributed by atoms with Gasteiger partial charge in [0.2, 0.25) is 0 Å². The van der Waals surface area contributed by atoms with Crippen molar-refractivity contribution in [3.05, 3.63) is 47.1 Å². The van der Waals surface area contributed by atoms with Crippen LogP contribution in [0.5, 0.6) is 5.75 Å². The predicted octanol–water partition coefficient (Wildman–Crippen LogP) is 3.05. The van der Waals surface area contributed by atoms with Gasteiger partial charge in [0.1, 0.15) is 30.0 Å². The summed E-state index contributed by atoms with van der Waals surface area (Å²) in [7, 11) is 0. The zero-order valence-electron chi connectivity index (χ0n) is 17.1. The van der Waals surface area contributed by atoms with Gasteiger partial charge in [-0.2, -0.15) is 0 Å². The standard InChI is InChI=1S/C20H29FN4O3.HI/c1-4-18-17(19(5-2)28-25-18)12-24-20(22-6-3)23-11-15(26)13-27-16-9-7-14(21)8-10-16;/h7-10,15,26H,4-6,11-13H2,1-3H3,(H2,22,23,24);1H. The zero-order valence-corrected chi connectivity index (χ0v) is 19.4. The topological polar surface area (TPSA) is 91.9 Å². The largest absolute Gasteiger partial charge is 0.491 e. The first-order valence-electron chi connectivity index (χ1n) is 9.62. The highest BCUT2D eigenvalue weighted by atomic mass is 127. The molecule has 1 aromatic carbocycles. The molecule has 3 N–H and O–H groups in total. The number of benzene rings is 1. The Morgan fingerprint density at radius 2 is 1.93 bits per heavy atom. The number of rotatable bonds is 10. The molecule has 2 aromatic rings. The van der Waals surface area contributed by atoms with Gasteiger partial charge in [-0.25, -0.2) is 9.38 Å². The molecule has 162 valence electrons. The van der Waals surface area contributed by atoms with Crippen LogP contribution in [0.25, 0.3) is 0 Å². The molecule has 0 radical (unpaired) electrons. The Balaban J connectivity index is 0.00000420. The van der Waals surface area contributed by atoms with Crippen molar-refractivity contribution in [3.63, 3.8) is 0 Å². The lowest BCUT2D eigenvalue weighted by molar-refractivity contribution is 0.110. The smallest absolute Gasteiger partial charge is 0.191 e. The molecule has 0 saturated carbocycles. The number of halogens is 2. The van der Waals surface area contributed by atoms with Crippen molar-refractivity contribution in [1.82, 2.24) is 15.8 Å². The molecule has 1 unspecified atom stereocenters. The average molecular weight is 520 g/mol. The maximum Gasteiger partial charge on any atom is 0.191 e. The number of aryl methyl sites for hydroxylation is 2. The number of hydrogen-bond acceptors (Lipinski definition) is 5. The van der Waals surface area contributed by atoms with Gasteiger partial charge in [-0.1, -0.05) is 19.0 Å². The van der Waals surface area contributed by atoms with Gasteiger partial charge >= 0.3 is 0 Å². The summed E-state index contributed by atoms with van der Waals surface area (Å²) in [4.78, 5) is 4.57. The second kappa shape index (κ2) is 13.4. The number of aliphatic imine (C=N–C) groups is 1. The summed E-state index contributed by atoms with van der Waals surface area (Å²) in [6, 6.07) is 5.68. The predicted molar refractivity (Wildman–Crippen MR) is 121 cm³/mol. The fraction of sp³-hybridized carbons (Fsp3) is 0.500. The minimum atomic E-state index is -0.748. The molecule has 0 saturated heterocycles. The van der Waals surface area contributed by atoms with Crippen molar-refractivity contribution in [3.8, 4) is 5.75 Å². The second-order valence-corrected chi connectivity index (χ2v) is 6.23. The molecule has 0 spiro atoms. The molecule has 1 heterocycles. The molecule has 2 rings (SSSR count). The van der Waals surface area contributed by atoms with E-state index in [2.05, 4.69) is 20.8 Å². The zero-order chi connectivity index (χ0) is 20.4. The van der Waals surface area contributed by atoms with Crippen LogP contribution in [0, 0.1) is 5.82 Å². The van der Waals surface area contributed by atoms with E-state index in [9.17, 15) is 9.50 Å². The van der Waals surface area contributed by atoms with Crippen molar-refractivity contribution in [2.24, 2.45) is 4.99 Å². The number of aromatic nitrogens is 1. The van der Waals surface area contributed by atoms with E-state index in [0.717, 1.165) is 29.9 Å². The Morgan fingerprint density at radius 3 is 2.55 bits per heavy atom. The van der Waals surface area contributed by atoms with Crippen LogP contribution in [-0.4, -0.2) is 42.0 Å². The molecule has 1 atom stereocenters. The van der Waals surface area contributed by atoms with Crippen molar-refractivity contribution in [2.75, 3.05) is 19.7 Å². The first-order valence-corrected chi connectivity index (χ1v) is 9.62. The summed E-state index contributed by atoms with van der Waals surface area (Å²) >= 11 is 0. The van der Waals surface area contributed by atoms with Crippen LogP contribution in [0.4, 0.5) is 4.39 Å². The van der Waals surface area contributed by atoms with E-state index >= 15 is 0 Å². The summed E-state index contributed by atoms with van der Waals surface area (Å²) in [5.41, 5.74) is 1.94. The van der Waals surface area contributed by atoms with Crippen LogP contribution in [0.1, 0.15) is 37.8 Å². The van der Waals surface area contributed by atoms with Crippen molar-refractivity contribution >= 4 is 29.9 Å². The van der Waals surface area contributed by atoms with E-state index < -0.39 is 6.10 Å². The Kier molecular flexibility index (Phi) is 11.6. The lowest BCUT2D eigenvalue weighted by atomic mass is 10.1. The molecule has 0 aliphatic heterocycles. The van der Waals surface area contributed by atoms with Gasteiger partial charge in [-0.05, 0) is 37.6 Å². The summed E-state index contributed by atoms with van der Waals surface area (Å²) in [5, 5.41) is 20.5. The molecule has 29 heavy (non-hydrogen) atoms. The van der Waals surface area contributed by atoms with Gasteiger partial charge in [0.15, 0.2) is 5.96 Å². The molecule has 7 nitrogen and oxygen atoms in total. The Morgan fingerprint density at radius 1 is 1.21 bits per heavy atom. The van der Waals surface area contributed by atoms with Crippen LogP contribution in [0.3, 0.4) is 0 Å². The first kappa shape index (κ1) is 25.2. The van der Waals surface area contributed by atoms with Gasteiger partial charge in [-0.3, -0.25) is 0 Å². The Labute approximate surface area is 188 Å². The van der Waals surface area contributed by atoms with Crippen LogP contribution < -0.4 is 15.4 Å². The van der Waals surface area contributed by atoms with E-state index in [1.54, 1.807) is 0 Å². The number of aliphatic hydroxyl groups excluding tert-OH is 1. The lowest BCUT2D eigenvalue weighted by Crippen LogP contribution is -2.42. The van der Waals surface area contributed by atoms with Crippen molar-refractivity contribution < 1.29 is 18.8 Å². The van der Waals surface area contributed by atoms with E-state index in [-0.39, 0.29) is 42.9 Å². The summed E-state index contributed by atoms with van der Waals surface area (Å²) in [6.45, 7) is 7.52. The Bertz CT molecular complexity index is 731. The number of guanidine groups is 1. The minimum Gasteiger partial charge on any atom is -0.491 e. The molecule has 0 aliphatic carbocycles. The fourth-order valence-electron chi connectivity index (χ4n) is 2.61.